The number of aromatic nitrogens is 2. The summed E-state index contributed by atoms with van der Waals surface area (Å²) in [6.45, 7) is 6.67. The smallest absolute Gasteiger partial charge is 0.135 e. The van der Waals surface area contributed by atoms with E-state index in [0.29, 0.717) is 18.9 Å². The van der Waals surface area contributed by atoms with E-state index in [9.17, 15) is 10.2 Å². The lowest BCUT2D eigenvalue weighted by Crippen LogP contribution is -2.48. The third-order valence-electron chi connectivity index (χ3n) is 4.23. The lowest BCUT2D eigenvalue weighted by atomic mass is 10.2. The number of fused-ring (bicyclic) bond motifs is 1. The molecule has 0 aliphatic carbocycles. The third kappa shape index (κ3) is 3.72. The maximum absolute atomic E-state index is 10.5. The average molecular weight is 319 g/mol. The van der Waals surface area contributed by atoms with Gasteiger partial charge in [0.25, 0.3) is 0 Å². The molecule has 0 amide bonds. The Kier molecular flexibility index (Phi) is 4.96. The van der Waals surface area contributed by atoms with E-state index in [1.807, 2.05) is 28.8 Å². The molecule has 1 fully saturated rings. The number of hydrogen-bond acceptors (Lipinski definition) is 5. The van der Waals surface area contributed by atoms with Crippen molar-refractivity contribution in [3.05, 3.63) is 30.1 Å². The van der Waals surface area contributed by atoms with Gasteiger partial charge >= 0.3 is 0 Å². The molecular formula is C17H25N3O3. The lowest BCUT2D eigenvalue weighted by Gasteiger charge is -2.36. The second-order valence-corrected chi connectivity index (χ2v) is 6.42. The molecule has 1 saturated heterocycles. The van der Waals surface area contributed by atoms with Crippen LogP contribution in [0.25, 0.3) is 11.0 Å². The number of aliphatic hydroxyl groups excluding tert-OH is 2. The number of imidazole rings is 1. The summed E-state index contributed by atoms with van der Waals surface area (Å²) in [5, 5.41) is 20.0. The normalized spacial score (nSPS) is 24.2. The van der Waals surface area contributed by atoms with E-state index < -0.39 is 6.10 Å². The van der Waals surface area contributed by atoms with Crippen molar-refractivity contribution < 1.29 is 14.9 Å². The molecule has 2 N–H and O–H groups in total. The fourth-order valence-electron chi connectivity index (χ4n) is 3.45. The van der Waals surface area contributed by atoms with E-state index in [2.05, 4.69) is 23.7 Å². The fraction of sp³-hybridized carbons (Fsp3) is 0.588. The third-order valence-corrected chi connectivity index (χ3v) is 4.23. The maximum atomic E-state index is 10.5. The van der Waals surface area contributed by atoms with Crippen LogP contribution in [0.15, 0.2) is 24.3 Å². The summed E-state index contributed by atoms with van der Waals surface area (Å²) in [5.74, 6) is 0.592. The van der Waals surface area contributed by atoms with Crippen molar-refractivity contribution in [3.63, 3.8) is 0 Å². The predicted molar refractivity (Wildman–Crippen MR) is 88.1 cm³/mol. The van der Waals surface area contributed by atoms with Crippen LogP contribution in [0, 0.1) is 0 Å². The quantitative estimate of drug-likeness (QED) is 0.860. The Hall–Kier alpha value is -1.47. The minimum Gasteiger partial charge on any atom is -0.390 e. The highest BCUT2D eigenvalue weighted by atomic mass is 16.5. The molecule has 3 atom stereocenters. The summed E-state index contributed by atoms with van der Waals surface area (Å²) >= 11 is 0. The van der Waals surface area contributed by atoms with E-state index in [-0.39, 0.29) is 18.8 Å². The molecule has 2 heterocycles. The first-order chi connectivity index (χ1) is 11.1. The van der Waals surface area contributed by atoms with E-state index in [1.165, 1.54) is 0 Å². The Bertz CT molecular complexity index is 648. The second kappa shape index (κ2) is 6.97. The first kappa shape index (κ1) is 16.4. The van der Waals surface area contributed by atoms with Gasteiger partial charge in [0.1, 0.15) is 12.4 Å². The summed E-state index contributed by atoms with van der Waals surface area (Å²) in [7, 11) is 0. The molecule has 0 unspecified atom stereocenters. The highest BCUT2D eigenvalue weighted by molar-refractivity contribution is 5.75. The number of hydrogen-bond donors (Lipinski definition) is 2. The van der Waals surface area contributed by atoms with Crippen LogP contribution in [0.2, 0.25) is 0 Å². The fourth-order valence-corrected chi connectivity index (χ4v) is 3.45. The van der Waals surface area contributed by atoms with Gasteiger partial charge in [-0.15, -0.1) is 0 Å². The monoisotopic (exact) mass is 319 g/mol. The van der Waals surface area contributed by atoms with Crippen molar-refractivity contribution in [2.45, 2.75) is 45.3 Å². The first-order valence-electron chi connectivity index (χ1n) is 8.17. The van der Waals surface area contributed by atoms with E-state index in [0.717, 1.165) is 24.1 Å². The van der Waals surface area contributed by atoms with Crippen molar-refractivity contribution >= 4 is 11.0 Å². The van der Waals surface area contributed by atoms with Crippen LogP contribution >= 0.6 is 0 Å². The van der Waals surface area contributed by atoms with Gasteiger partial charge in [-0.05, 0) is 26.0 Å². The van der Waals surface area contributed by atoms with Crippen LogP contribution in [0.1, 0.15) is 19.7 Å². The minimum absolute atomic E-state index is 0.132. The minimum atomic E-state index is -0.518. The summed E-state index contributed by atoms with van der Waals surface area (Å²) < 4.78 is 7.64. The van der Waals surface area contributed by atoms with Crippen molar-refractivity contribution in [1.82, 2.24) is 14.5 Å². The Morgan fingerprint density at radius 2 is 1.91 bits per heavy atom. The molecule has 2 aromatic rings. The number of morpholine rings is 1. The van der Waals surface area contributed by atoms with Gasteiger partial charge in [-0.3, -0.25) is 4.90 Å². The van der Waals surface area contributed by atoms with Crippen LogP contribution < -0.4 is 0 Å². The van der Waals surface area contributed by atoms with E-state index in [4.69, 9.17) is 4.74 Å². The topological polar surface area (TPSA) is 70.8 Å². The number of aliphatic hydroxyl groups is 2. The van der Waals surface area contributed by atoms with E-state index >= 15 is 0 Å². The van der Waals surface area contributed by atoms with Crippen molar-refractivity contribution in [1.29, 1.82) is 0 Å². The molecule has 1 aliphatic heterocycles. The maximum Gasteiger partial charge on any atom is 0.135 e. The molecule has 23 heavy (non-hydrogen) atoms. The van der Waals surface area contributed by atoms with Crippen LogP contribution in [-0.2, 0) is 17.9 Å². The average Bonchev–Trinajstić information content (AvgIpc) is 2.84. The molecular weight excluding hydrogens is 294 g/mol. The van der Waals surface area contributed by atoms with Crippen molar-refractivity contribution in [2.24, 2.45) is 0 Å². The van der Waals surface area contributed by atoms with Crippen molar-refractivity contribution in [2.75, 3.05) is 19.6 Å². The second-order valence-electron chi connectivity index (χ2n) is 6.42. The van der Waals surface area contributed by atoms with Gasteiger partial charge in [0.2, 0.25) is 0 Å². The number of rotatable bonds is 5. The zero-order valence-corrected chi connectivity index (χ0v) is 13.7. The van der Waals surface area contributed by atoms with Gasteiger partial charge in [-0.25, -0.2) is 4.98 Å². The number of benzene rings is 1. The SMILES string of the molecule is C[C@@H]1CN(C[C@H](O)Cn2c(CO)nc3ccccc32)C[C@H](C)O1. The van der Waals surface area contributed by atoms with Gasteiger partial charge in [-0.1, -0.05) is 12.1 Å². The number of ether oxygens (including phenoxy) is 1. The number of para-hydroxylation sites is 2. The summed E-state index contributed by atoms with van der Waals surface area (Å²) in [4.78, 5) is 6.66. The molecule has 3 rings (SSSR count). The molecule has 126 valence electrons. The summed E-state index contributed by atoms with van der Waals surface area (Å²) in [5.41, 5.74) is 1.79. The Labute approximate surface area is 136 Å². The Morgan fingerprint density at radius 1 is 1.22 bits per heavy atom. The highest BCUT2D eigenvalue weighted by Crippen LogP contribution is 2.17. The molecule has 6 heteroatoms. The van der Waals surface area contributed by atoms with Crippen LogP contribution in [0.3, 0.4) is 0 Å². The summed E-state index contributed by atoms with van der Waals surface area (Å²) in [6, 6.07) is 7.75. The molecule has 1 aromatic carbocycles. The number of nitrogens with zero attached hydrogens (tertiary/aromatic N) is 3. The molecule has 0 radical (unpaired) electrons. The summed E-state index contributed by atoms with van der Waals surface area (Å²) in [6.07, 6.45) is -0.142. The van der Waals surface area contributed by atoms with Crippen LogP contribution in [0.5, 0.6) is 0 Å². The molecule has 1 aromatic heterocycles. The molecule has 0 saturated carbocycles. The Morgan fingerprint density at radius 3 is 2.61 bits per heavy atom. The predicted octanol–water partition coefficient (Wildman–Crippen LogP) is 0.999. The van der Waals surface area contributed by atoms with Gasteiger partial charge in [0.15, 0.2) is 0 Å². The first-order valence-corrected chi connectivity index (χ1v) is 8.17. The lowest BCUT2D eigenvalue weighted by molar-refractivity contribution is -0.0772. The Balaban J connectivity index is 1.71. The van der Waals surface area contributed by atoms with Crippen molar-refractivity contribution in [3.8, 4) is 0 Å². The van der Waals surface area contributed by atoms with Gasteiger partial charge < -0.3 is 19.5 Å². The highest BCUT2D eigenvalue weighted by Gasteiger charge is 2.24. The standard InChI is InChI=1S/C17H25N3O3/c1-12-7-19(8-13(2)23-12)9-14(22)10-20-16-6-4-3-5-15(16)18-17(20)11-21/h3-6,12-14,21-22H,7-11H2,1-2H3/t12-,13+,14-/m0/s1. The van der Waals surface area contributed by atoms with Gasteiger partial charge in [0.05, 0.1) is 35.9 Å². The molecule has 1 aliphatic rings. The molecule has 0 bridgehead atoms. The van der Waals surface area contributed by atoms with Crippen LogP contribution in [0.4, 0.5) is 0 Å². The molecule has 6 nitrogen and oxygen atoms in total. The number of β-amino-alcohol motifs (C(OH)–C–C–N with tert-alkyl or cyclic N) is 1. The zero-order chi connectivity index (χ0) is 16.4. The largest absolute Gasteiger partial charge is 0.390 e. The molecule has 0 spiro atoms. The zero-order valence-electron chi connectivity index (χ0n) is 13.7. The van der Waals surface area contributed by atoms with Crippen LogP contribution in [-0.4, -0.2) is 62.6 Å². The van der Waals surface area contributed by atoms with Gasteiger partial charge in [0, 0.05) is 19.6 Å². The van der Waals surface area contributed by atoms with E-state index in [1.54, 1.807) is 0 Å². The van der Waals surface area contributed by atoms with Gasteiger partial charge in [-0.2, -0.15) is 0 Å².